The van der Waals surface area contributed by atoms with Crippen molar-refractivity contribution in [3.8, 4) is 0 Å². The molecule has 1 aromatic rings. The first-order valence-corrected chi connectivity index (χ1v) is 6.58. The van der Waals surface area contributed by atoms with E-state index in [-0.39, 0.29) is 5.82 Å². The molecule has 86 valence electrons. The van der Waals surface area contributed by atoms with Crippen LogP contribution in [0.2, 0.25) is 0 Å². The minimum atomic E-state index is -0.562. The molecule has 0 saturated carbocycles. The Balaban J connectivity index is 2.26. The summed E-state index contributed by atoms with van der Waals surface area (Å²) >= 11 is 2.07. The summed E-state index contributed by atoms with van der Waals surface area (Å²) in [7, 11) is 0. The smallest absolute Gasteiger partial charge is 0.124 e. The van der Waals surface area contributed by atoms with Gasteiger partial charge in [-0.15, -0.1) is 0 Å². The highest BCUT2D eigenvalue weighted by Crippen LogP contribution is 2.32. The summed E-state index contributed by atoms with van der Waals surface area (Å²) in [4.78, 5) is 0. The number of halogens is 2. The Morgan fingerprint density at radius 2 is 2.12 bits per heavy atom. The van der Waals surface area contributed by atoms with Gasteiger partial charge in [0.15, 0.2) is 0 Å². The van der Waals surface area contributed by atoms with Crippen molar-refractivity contribution < 1.29 is 9.50 Å². The largest absolute Gasteiger partial charge is 0.384 e. The van der Waals surface area contributed by atoms with Crippen LogP contribution in [0.4, 0.5) is 4.39 Å². The first-order valence-electron chi connectivity index (χ1n) is 5.50. The van der Waals surface area contributed by atoms with E-state index in [0.29, 0.717) is 0 Å². The summed E-state index contributed by atoms with van der Waals surface area (Å²) in [6, 6.07) is 4.55. The van der Waals surface area contributed by atoms with Crippen LogP contribution in [0.5, 0.6) is 0 Å². The maximum absolute atomic E-state index is 13.0. The van der Waals surface area contributed by atoms with Crippen LogP contribution >= 0.6 is 22.6 Å². The maximum atomic E-state index is 13.0. The van der Waals surface area contributed by atoms with Crippen LogP contribution in [0.1, 0.15) is 37.4 Å². The van der Waals surface area contributed by atoms with Gasteiger partial charge in [0.2, 0.25) is 0 Å². The van der Waals surface area contributed by atoms with Crippen LogP contribution in [-0.4, -0.2) is 5.11 Å². The number of hydrogen-bond donors (Lipinski definition) is 1. The van der Waals surface area contributed by atoms with Crippen LogP contribution in [0, 0.1) is 9.39 Å². The first-order chi connectivity index (χ1) is 7.68. The van der Waals surface area contributed by atoms with E-state index in [0.717, 1.165) is 34.0 Å². The fraction of sp³-hybridized carbons (Fsp3) is 0.385. The zero-order valence-electron chi connectivity index (χ0n) is 8.92. The standard InChI is InChI=1S/C13H14FIO/c14-10-6-7-11(12(15)8-10)13(16)9-4-2-1-3-5-9/h4,6-8,13,16H,1-3,5H2. The molecule has 0 saturated heterocycles. The average molecular weight is 332 g/mol. The predicted molar refractivity (Wildman–Crippen MR) is 70.6 cm³/mol. The zero-order chi connectivity index (χ0) is 11.5. The monoisotopic (exact) mass is 332 g/mol. The van der Waals surface area contributed by atoms with Gasteiger partial charge in [-0.3, -0.25) is 0 Å². The summed E-state index contributed by atoms with van der Waals surface area (Å²) in [6.07, 6.45) is 5.90. The summed E-state index contributed by atoms with van der Waals surface area (Å²) < 4.78 is 13.7. The molecule has 1 N–H and O–H groups in total. The van der Waals surface area contributed by atoms with Crippen molar-refractivity contribution in [3.63, 3.8) is 0 Å². The van der Waals surface area contributed by atoms with Gasteiger partial charge in [0, 0.05) is 3.57 Å². The Kier molecular flexibility index (Phi) is 3.97. The van der Waals surface area contributed by atoms with Crippen LogP contribution < -0.4 is 0 Å². The van der Waals surface area contributed by atoms with Crippen molar-refractivity contribution >= 4 is 22.6 Å². The average Bonchev–Trinajstić information content (AvgIpc) is 2.29. The molecule has 0 aromatic heterocycles. The fourth-order valence-electron chi connectivity index (χ4n) is 2.03. The van der Waals surface area contributed by atoms with Crippen LogP contribution in [0.25, 0.3) is 0 Å². The second-order valence-electron chi connectivity index (χ2n) is 4.09. The molecule has 1 aliphatic rings. The molecule has 1 nitrogen and oxygen atoms in total. The van der Waals surface area contributed by atoms with Crippen molar-refractivity contribution in [2.75, 3.05) is 0 Å². The van der Waals surface area contributed by atoms with E-state index in [9.17, 15) is 9.50 Å². The number of hydrogen-bond acceptors (Lipinski definition) is 1. The van der Waals surface area contributed by atoms with Crippen molar-refractivity contribution in [1.82, 2.24) is 0 Å². The molecule has 3 heteroatoms. The van der Waals surface area contributed by atoms with E-state index in [1.54, 1.807) is 6.07 Å². The number of allylic oxidation sites excluding steroid dienone is 1. The van der Waals surface area contributed by atoms with Crippen LogP contribution in [-0.2, 0) is 0 Å². The molecule has 2 rings (SSSR count). The number of aliphatic hydroxyl groups is 1. The van der Waals surface area contributed by atoms with E-state index >= 15 is 0 Å². The lowest BCUT2D eigenvalue weighted by Crippen LogP contribution is -2.06. The molecule has 1 unspecified atom stereocenters. The minimum Gasteiger partial charge on any atom is -0.384 e. The Hall–Kier alpha value is -0.420. The van der Waals surface area contributed by atoms with Gasteiger partial charge in [0.05, 0.1) is 0 Å². The highest BCUT2D eigenvalue weighted by atomic mass is 127. The number of aliphatic hydroxyl groups excluding tert-OH is 1. The lowest BCUT2D eigenvalue weighted by molar-refractivity contribution is 0.207. The van der Waals surface area contributed by atoms with Gasteiger partial charge in [-0.05, 0) is 71.5 Å². The van der Waals surface area contributed by atoms with Gasteiger partial charge >= 0.3 is 0 Å². The second-order valence-corrected chi connectivity index (χ2v) is 5.26. The molecule has 0 heterocycles. The first kappa shape index (κ1) is 12.0. The molecule has 0 bridgehead atoms. The van der Waals surface area contributed by atoms with Gasteiger partial charge in [-0.25, -0.2) is 4.39 Å². The van der Waals surface area contributed by atoms with E-state index in [1.807, 2.05) is 0 Å². The molecular weight excluding hydrogens is 318 g/mol. The van der Waals surface area contributed by atoms with Gasteiger partial charge in [0.1, 0.15) is 11.9 Å². The predicted octanol–water partition coefficient (Wildman–Crippen LogP) is 3.96. The Labute approximate surface area is 109 Å². The summed E-state index contributed by atoms with van der Waals surface area (Å²) in [5, 5.41) is 10.2. The third-order valence-corrected chi connectivity index (χ3v) is 3.87. The molecule has 0 spiro atoms. The highest BCUT2D eigenvalue weighted by molar-refractivity contribution is 14.1. The summed E-state index contributed by atoms with van der Waals surface area (Å²) in [5.74, 6) is -0.252. The molecule has 1 atom stereocenters. The Morgan fingerprint density at radius 1 is 1.31 bits per heavy atom. The van der Waals surface area contributed by atoms with Gasteiger partial charge in [-0.2, -0.15) is 0 Å². The number of rotatable bonds is 2. The SMILES string of the molecule is OC(C1=CCCCC1)c1ccc(F)cc1I. The van der Waals surface area contributed by atoms with Crippen LogP contribution in [0.3, 0.4) is 0 Å². The molecule has 16 heavy (non-hydrogen) atoms. The van der Waals surface area contributed by atoms with E-state index < -0.39 is 6.10 Å². The summed E-state index contributed by atoms with van der Waals surface area (Å²) in [6.45, 7) is 0. The van der Waals surface area contributed by atoms with Gasteiger partial charge < -0.3 is 5.11 Å². The van der Waals surface area contributed by atoms with Crippen molar-refractivity contribution in [1.29, 1.82) is 0 Å². The van der Waals surface area contributed by atoms with Gasteiger partial charge in [-0.1, -0.05) is 12.1 Å². The van der Waals surface area contributed by atoms with Gasteiger partial charge in [0.25, 0.3) is 0 Å². The molecule has 1 aromatic carbocycles. The van der Waals surface area contributed by atoms with E-state index in [4.69, 9.17) is 0 Å². The summed E-state index contributed by atoms with van der Waals surface area (Å²) in [5.41, 5.74) is 1.89. The topological polar surface area (TPSA) is 20.2 Å². The third-order valence-electron chi connectivity index (χ3n) is 2.93. The lowest BCUT2D eigenvalue weighted by atomic mass is 9.92. The molecule has 0 amide bonds. The van der Waals surface area contributed by atoms with Crippen molar-refractivity contribution in [3.05, 3.63) is 44.8 Å². The van der Waals surface area contributed by atoms with E-state index in [1.165, 1.54) is 18.6 Å². The third kappa shape index (κ3) is 2.63. The Bertz CT molecular complexity index is 414. The molecule has 0 aliphatic heterocycles. The maximum Gasteiger partial charge on any atom is 0.124 e. The normalized spacial score (nSPS) is 18.1. The molecular formula is C13H14FIO. The fourth-order valence-corrected chi connectivity index (χ4v) is 2.81. The molecule has 0 radical (unpaired) electrons. The Morgan fingerprint density at radius 3 is 2.75 bits per heavy atom. The minimum absolute atomic E-state index is 0.252. The van der Waals surface area contributed by atoms with Crippen molar-refractivity contribution in [2.45, 2.75) is 31.8 Å². The lowest BCUT2D eigenvalue weighted by Gasteiger charge is -2.20. The number of benzene rings is 1. The second kappa shape index (κ2) is 5.27. The molecule has 1 aliphatic carbocycles. The quantitative estimate of drug-likeness (QED) is 0.642. The zero-order valence-corrected chi connectivity index (χ0v) is 11.1. The van der Waals surface area contributed by atoms with Crippen molar-refractivity contribution in [2.24, 2.45) is 0 Å². The molecule has 0 fully saturated rings. The van der Waals surface area contributed by atoms with E-state index in [2.05, 4.69) is 28.7 Å². The van der Waals surface area contributed by atoms with Crippen LogP contribution in [0.15, 0.2) is 29.8 Å². The highest BCUT2D eigenvalue weighted by Gasteiger charge is 2.17.